The maximum Gasteiger partial charge on any atom is 0.271 e. The van der Waals surface area contributed by atoms with Crippen LogP contribution in [0.1, 0.15) is 24.5 Å². The Hall–Kier alpha value is -1.37. The molecule has 0 spiro atoms. The molecule has 0 radical (unpaired) electrons. The van der Waals surface area contributed by atoms with Crippen molar-refractivity contribution in [1.29, 1.82) is 0 Å². The Balaban J connectivity index is 2.07. The highest BCUT2D eigenvalue weighted by Crippen LogP contribution is 2.23. The highest BCUT2D eigenvalue weighted by atomic mass is 32.2. The summed E-state index contributed by atoms with van der Waals surface area (Å²) in [7, 11) is -3.50. The van der Waals surface area contributed by atoms with E-state index in [0.29, 0.717) is 16.4 Å². The molecule has 0 amide bonds. The zero-order valence-electron chi connectivity index (χ0n) is 12.2. The highest BCUT2D eigenvalue weighted by Gasteiger charge is 2.16. The predicted octanol–water partition coefficient (Wildman–Crippen LogP) is 3.36. The Morgan fingerprint density at radius 1 is 1.19 bits per heavy atom. The first-order valence-electron chi connectivity index (χ1n) is 6.89. The monoisotopic (exact) mass is 324 g/mol. The summed E-state index contributed by atoms with van der Waals surface area (Å²) < 4.78 is 27.6. The van der Waals surface area contributed by atoms with Crippen LogP contribution in [0.4, 0.5) is 5.69 Å². The molecule has 1 aromatic carbocycles. The molecule has 2 aromatic rings. The van der Waals surface area contributed by atoms with Gasteiger partial charge in [0.05, 0.1) is 0 Å². The summed E-state index contributed by atoms with van der Waals surface area (Å²) in [4.78, 5) is 0. The Morgan fingerprint density at radius 2 is 1.90 bits per heavy atom. The SMILES string of the molecule is CCCNCc1csc(S(=O)(=O)Nc2ccc(C)cc2)c1. The van der Waals surface area contributed by atoms with Gasteiger partial charge in [0.15, 0.2) is 0 Å². The van der Waals surface area contributed by atoms with E-state index in [1.165, 1.54) is 11.3 Å². The normalized spacial score (nSPS) is 11.5. The molecule has 0 saturated carbocycles. The number of rotatable bonds is 7. The summed E-state index contributed by atoms with van der Waals surface area (Å²) >= 11 is 1.25. The van der Waals surface area contributed by atoms with E-state index in [9.17, 15) is 8.42 Å². The average Bonchev–Trinajstić information content (AvgIpc) is 2.91. The van der Waals surface area contributed by atoms with Gasteiger partial charge in [-0.2, -0.15) is 0 Å². The first kappa shape index (κ1) is 16.0. The van der Waals surface area contributed by atoms with E-state index in [1.54, 1.807) is 18.2 Å². The Labute approximate surface area is 130 Å². The van der Waals surface area contributed by atoms with Crippen LogP contribution in [-0.2, 0) is 16.6 Å². The lowest BCUT2D eigenvalue weighted by atomic mass is 10.2. The Bertz CT molecular complexity index is 676. The van der Waals surface area contributed by atoms with Gasteiger partial charge in [-0.05, 0) is 49.0 Å². The second-order valence-electron chi connectivity index (χ2n) is 4.92. The molecular weight excluding hydrogens is 304 g/mol. The second-order valence-corrected chi connectivity index (χ2v) is 7.74. The van der Waals surface area contributed by atoms with Crippen LogP contribution in [0, 0.1) is 6.92 Å². The largest absolute Gasteiger partial charge is 0.313 e. The van der Waals surface area contributed by atoms with E-state index >= 15 is 0 Å². The molecule has 0 bridgehead atoms. The molecule has 6 heteroatoms. The van der Waals surface area contributed by atoms with Crippen molar-refractivity contribution in [3.05, 3.63) is 46.8 Å². The number of sulfonamides is 1. The average molecular weight is 324 g/mol. The van der Waals surface area contributed by atoms with Crippen LogP contribution in [0.15, 0.2) is 39.9 Å². The minimum atomic E-state index is -3.50. The van der Waals surface area contributed by atoms with Crippen molar-refractivity contribution in [2.24, 2.45) is 0 Å². The zero-order chi connectivity index (χ0) is 15.3. The lowest BCUT2D eigenvalue weighted by molar-refractivity contribution is 0.603. The number of hydrogen-bond acceptors (Lipinski definition) is 4. The highest BCUT2D eigenvalue weighted by molar-refractivity contribution is 7.94. The quantitative estimate of drug-likeness (QED) is 0.768. The van der Waals surface area contributed by atoms with E-state index in [1.807, 2.05) is 24.4 Å². The third-order valence-electron chi connectivity index (χ3n) is 2.95. The van der Waals surface area contributed by atoms with Gasteiger partial charge in [0.1, 0.15) is 4.21 Å². The minimum absolute atomic E-state index is 0.344. The molecule has 21 heavy (non-hydrogen) atoms. The van der Waals surface area contributed by atoms with E-state index in [0.717, 1.165) is 24.1 Å². The summed E-state index contributed by atoms with van der Waals surface area (Å²) in [6.45, 7) is 5.69. The minimum Gasteiger partial charge on any atom is -0.313 e. The van der Waals surface area contributed by atoms with E-state index in [-0.39, 0.29) is 0 Å². The molecule has 0 atom stereocenters. The number of nitrogens with one attached hydrogen (secondary N) is 2. The number of thiophene rings is 1. The second kappa shape index (κ2) is 7.06. The fourth-order valence-corrected chi connectivity index (χ4v) is 4.09. The molecule has 0 aliphatic rings. The van der Waals surface area contributed by atoms with Crippen molar-refractivity contribution in [2.75, 3.05) is 11.3 Å². The molecule has 4 nitrogen and oxygen atoms in total. The molecule has 1 heterocycles. The fourth-order valence-electron chi connectivity index (χ4n) is 1.82. The van der Waals surface area contributed by atoms with Crippen LogP contribution in [0.3, 0.4) is 0 Å². The van der Waals surface area contributed by atoms with Crippen LogP contribution >= 0.6 is 11.3 Å². The van der Waals surface area contributed by atoms with Crippen molar-refractivity contribution in [1.82, 2.24) is 5.32 Å². The molecule has 0 aliphatic carbocycles. The molecule has 0 unspecified atom stereocenters. The van der Waals surface area contributed by atoms with Gasteiger partial charge in [0, 0.05) is 12.2 Å². The van der Waals surface area contributed by atoms with E-state index < -0.39 is 10.0 Å². The topological polar surface area (TPSA) is 58.2 Å². The maximum absolute atomic E-state index is 12.3. The number of hydrogen-bond donors (Lipinski definition) is 2. The van der Waals surface area contributed by atoms with Gasteiger partial charge in [0.25, 0.3) is 10.0 Å². The molecule has 0 fully saturated rings. The van der Waals surface area contributed by atoms with Gasteiger partial charge in [-0.25, -0.2) is 8.42 Å². The van der Waals surface area contributed by atoms with Crippen LogP contribution < -0.4 is 10.0 Å². The van der Waals surface area contributed by atoms with Crippen LogP contribution in [0.2, 0.25) is 0 Å². The van der Waals surface area contributed by atoms with E-state index in [4.69, 9.17) is 0 Å². The summed E-state index contributed by atoms with van der Waals surface area (Å²) in [6.07, 6.45) is 1.06. The van der Waals surface area contributed by atoms with Gasteiger partial charge in [0.2, 0.25) is 0 Å². The number of aryl methyl sites for hydroxylation is 1. The third-order valence-corrected chi connectivity index (χ3v) is 5.82. The molecule has 0 saturated heterocycles. The Kier molecular flexibility index (Phi) is 5.39. The van der Waals surface area contributed by atoms with Crippen molar-refractivity contribution >= 4 is 27.0 Å². The van der Waals surface area contributed by atoms with Gasteiger partial charge in [-0.3, -0.25) is 4.72 Å². The number of anilines is 1. The fraction of sp³-hybridized carbons (Fsp3) is 0.333. The summed E-state index contributed by atoms with van der Waals surface area (Å²) in [6, 6.07) is 9.02. The first-order chi connectivity index (χ1) is 10.0. The van der Waals surface area contributed by atoms with Crippen molar-refractivity contribution in [2.45, 2.75) is 31.0 Å². The standard InChI is InChI=1S/C15H20N2O2S2/c1-3-8-16-10-13-9-15(20-11-13)21(18,19)17-14-6-4-12(2)5-7-14/h4-7,9,11,16-17H,3,8,10H2,1-2H3. The molecule has 114 valence electrons. The molecular formula is C15H20N2O2S2. The lowest BCUT2D eigenvalue weighted by Gasteiger charge is -2.06. The summed E-state index contributed by atoms with van der Waals surface area (Å²) in [5, 5.41) is 5.14. The number of benzene rings is 1. The first-order valence-corrected chi connectivity index (χ1v) is 9.25. The third kappa shape index (κ3) is 4.56. The zero-order valence-corrected chi connectivity index (χ0v) is 13.9. The summed E-state index contributed by atoms with van der Waals surface area (Å²) in [5.41, 5.74) is 2.68. The van der Waals surface area contributed by atoms with Gasteiger partial charge in [-0.15, -0.1) is 11.3 Å². The van der Waals surface area contributed by atoms with Gasteiger partial charge in [-0.1, -0.05) is 24.6 Å². The smallest absolute Gasteiger partial charge is 0.271 e. The molecule has 1 aromatic heterocycles. The molecule has 2 N–H and O–H groups in total. The molecule has 2 rings (SSSR count). The van der Waals surface area contributed by atoms with Crippen LogP contribution in [0.5, 0.6) is 0 Å². The van der Waals surface area contributed by atoms with Crippen LogP contribution in [0.25, 0.3) is 0 Å². The van der Waals surface area contributed by atoms with Gasteiger partial charge < -0.3 is 5.32 Å². The summed E-state index contributed by atoms with van der Waals surface area (Å²) in [5.74, 6) is 0. The van der Waals surface area contributed by atoms with Gasteiger partial charge >= 0.3 is 0 Å². The van der Waals surface area contributed by atoms with Crippen molar-refractivity contribution in [3.63, 3.8) is 0 Å². The van der Waals surface area contributed by atoms with Crippen molar-refractivity contribution in [3.8, 4) is 0 Å². The van der Waals surface area contributed by atoms with Crippen LogP contribution in [-0.4, -0.2) is 15.0 Å². The van der Waals surface area contributed by atoms with Crippen molar-refractivity contribution < 1.29 is 8.42 Å². The maximum atomic E-state index is 12.3. The lowest BCUT2D eigenvalue weighted by Crippen LogP contribution is -2.13. The predicted molar refractivity (Wildman–Crippen MR) is 88.3 cm³/mol. The molecule has 0 aliphatic heterocycles. The van der Waals surface area contributed by atoms with E-state index in [2.05, 4.69) is 17.0 Å². The Morgan fingerprint density at radius 3 is 2.57 bits per heavy atom.